The fourth-order valence-electron chi connectivity index (χ4n) is 7.10. The normalized spacial score (nSPS) is 16.3. The molecule has 0 atom stereocenters. The highest BCUT2D eigenvalue weighted by Crippen LogP contribution is 2.32. The lowest BCUT2D eigenvalue weighted by atomic mass is 10.1. The number of allylic oxidation sites excluding steroid dienone is 12. The smallest absolute Gasteiger partial charge is 0.0494 e. The number of nitrogens with zero attached hydrogens (tertiary/aromatic N) is 3. The minimum absolute atomic E-state index is 0.799. The first-order chi connectivity index (χ1) is 23.3. The predicted molar refractivity (Wildman–Crippen MR) is 203 cm³/mol. The SMILES string of the molecule is C/C=C(\C=C/Cn1c2c(c3ccccc31)/C=C\CCC=C2)N(C1=CC=CCC1)C(/C=C\Cn1c2ccccc2c2ccccc21)=C/C. The van der Waals surface area contributed by atoms with E-state index in [-0.39, 0.29) is 0 Å². The molecule has 0 spiro atoms. The van der Waals surface area contributed by atoms with E-state index in [9.17, 15) is 0 Å². The van der Waals surface area contributed by atoms with E-state index in [1.165, 1.54) is 61.1 Å². The topological polar surface area (TPSA) is 13.1 Å². The zero-order valence-corrected chi connectivity index (χ0v) is 27.5. The fourth-order valence-corrected chi connectivity index (χ4v) is 7.10. The molecule has 5 aromatic rings. The van der Waals surface area contributed by atoms with Crippen molar-refractivity contribution in [3.05, 3.63) is 168 Å². The van der Waals surface area contributed by atoms with E-state index in [0.717, 1.165) is 38.8 Å². The maximum atomic E-state index is 2.45. The van der Waals surface area contributed by atoms with Gasteiger partial charge in [0.05, 0.1) is 0 Å². The molecule has 0 saturated heterocycles. The predicted octanol–water partition coefficient (Wildman–Crippen LogP) is 11.7. The van der Waals surface area contributed by atoms with Gasteiger partial charge in [-0.1, -0.05) is 109 Å². The number of fused-ring (bicyclic) bond motifs is 6. The van der Waals surface area contributed by atoms with Crippen LogP contribution >= 0.6 is 0 Å². The van der Waals surface area contributed by atoms with Gasteiger partial charge in [-0.15, -0.1) is 0 Å². The van der Waals surface area contributed by atoms with Gasteiger partial charge in [0.2, 0.25) is 0 Å². The number of para-hydroxylation sites is 3. The molecule has 2 aliphatic rings. The molecular formula is C44H43N3. The molecule has 0 unspecified atom stereocenters. The average molecular weight is 614 g/mol. The van der Waals surface area contributed by atoms with E-state index in [1.807, 2.05) is 0 Å². The maximum absolute atomic E-state index is 2.45. The van der Waals surface area contributed by atoms with Crippen LogP contribution in [-0.4, -0.2) is 14.0 Å². The van der Waals surface area contributed by atoms with Gasteiger partial charge in [0.15, 0.2) is 0 Å². The molecule has 0 N–H and O–H groups in total. The van der Waals surface area contributed by atoms with Crippen LogP contribution in [0.25, 0.3) is 44.9 Å². The van der Waals surface area contributed by atoms with Crippen molar-refractivity contribution in [1.29, 1.82) is 0 Å². The van der Waals surface area contributed by atoms with Crippen molar-refractivity contribution in [2.75, 3.05) is 0 Å². The van der Waals surface area contributed by atoms with Crippen molar-refractivity contribution in [2.24, 2.45) is 0 Å². The minimum Gasteiger partial charge on any atom is -0.337 e. The van der Waals surface area contributed by atoms with E-state index in [2.05, 4.69) is 180 Å². The highest BCUT2D eigenvalue weighted by atomic mass is 15.2. The van der Waals surface area contributed by atoms with E-state index in [0.29, 0.717) is 0 Å². The third kappa shape index (κ3) is 6.02. The van der Waals surface area contributed by atoms with Crippen LogP contribution < -0.4 is 0 Å². The number of benzene rings is 3. The van der Waals surface area contributed by atoms with E-state index >= 15 is 0 Å². The second kappa shape index (κ2) is 14.0. The summed E-state index contributed by atoms with van der Waals surface area (Å²) in [5, 5.41) is 3.92. The standard InChI is InChI=1S/C44H43N3/c1-3-34(22-18-32-45-41-28-11-6-5-10-24-37(41)38-25-12-15-29-42(38)45)47(36-20-8-7-9-21-36)35(4-2)23-19-33-46-43-30-16-13-26-39(43)40-27-14-17-31-44(40)46/h3-4,7-8,10-20,22-31H,5-6,9,21,32-33H2,1-2H3/b22-18-,23-19-,24-10-,28-11?,34-3+,35-4+. The molecule has 0 fully saturated rings. The Morgan fingerprint density at radius 1 is 0.638 bits per heavy atom. The van der Waals surface area contributed by atoms with E-state index in [4.69, 9.17) is 0 Å². The number of hydrogen-bond acceptors (Lipinski definition) is 1. The Balaban J connectivity index is 1.19. The van der Waals surface area contributed by atoms with Gasteiger partial charge in [-0.2, -0.15) is 0 Å². The number of hydrogen-bond donors (Lipinski definition) is 0. The first-order valence-corrected chi connectivity index (χ1v) is 17.0. The Hall–Kier alpha value is -5.28. The van der Waals surface area contributed by atoms with Crippen molar-refractivity contribution in [3.8, 4) is 0 Å². The minimum atomic E-state index is 0.799. The molecule has 7 rings (SSSR count). The summed E-state index contributed by atoms with van der Waals surface area (Å²) in [6, 6.07) is 26.2. The summed E-state index contributed by atoms with van der Waals surface area (Å²) in [5.74, 6) is 0. The Labute approximate surface area is 278 Å². The number of aromatic nitrogens is 2. The Bertz CT molecular complexity index is 2110. The summed E-state index contributed by atoms with van der Waals surface area (Å²) in [5.41, 5.74) is 10.1. The molecule has 0 saturated carbocycles. The van der Waals surface area contributed by atoms with Gasteiger partial charge in [0.25, 0.3) is 0 Å². The van der Waals surface area contributed by atoms with Gasteiger partial charge in [0.1, 0.15) is 0 Å². The Morgan fingerprint density at radius 3 is 1.79 bits per heavy atom. The lowest BCUT2D eigenvalue weighted by Crippen LogP contribution is -2.21. The van der Waals surface area contributed by atoms with Crippen LogP contribution in [0.5, 0.6) is 0 Å². The average Bonchev–Trinajstić information content (AvgIpc) is 3.58. The van der Waals surface area contributed by atoms with E-state index < -0.39 is 0 Å². The fraction of sp³-hybridized carbons (Fsp3) is 0.182. The largest absolute Gasteiger partial charge is 0.337 e. The summed E-state index contributed by atoms with van der Waals surface area (Å²) < 4.78 is 4.88. The monoisotopic (exact) mass is 613 g/mol. The molecule has 2 aromatic heterocycles. The molecule has 0 radical (unpaired) electrons. The van der Waals surface area contributed by atoms with Crippen molar-refractivity contribution in [1.82, 2.24) is 14.0 Å². The molecule has 0 amide bonds. The molecule has 3 nitrogen and oxygen atoms in total. The summed E-state index contributed by atoms with van der Waals surface area (Å²) in [6.07, 6.45) is 33.9. The molecule has 0 aliphatic heterocycles. The van der Waals surface area contributed by atoms with Gasteiger partial charge in [-0.3, -0.25) is 0 Å². The quantitative estimate of drug-likeness (QED) is 0.151. The molecule has 2 aliphatic carbocycles. The van der Waals surface area contributed by atoms with Gasteiger partial charge in [0, 0.05) is 74.1 Å². The summed E-state index contributed by atoms with van der Waals surface area (Å²) >= 11 is 0. The van der Waals surface area contributed by atoms with Crippen LogP contribution in [0.3, 0.4) is 0 Å². The molecule has 0 bridgehead atoms. The zero-order chi connectivity index (χ0) is 32.0. The third-order valence-electron chi connectivity index (χ3n) is 9.33. The second-order valence-corrected chi connectivity index (χ2v) is 12.1. The lowest BCUT2D eigenvalue weighted by Gasteiger charge is -2.30. The molecular weight excluding hydrogens is 571 g/mol. The van der Waals surface area contributed by atoms with Crippen LogP contribution in [0.4, 0.5) is 0 Å². The summed E-state index contributed by atoms with van der Waals surface area (Å²) in [4.78, 5) is 2.43. The maximum Gasteiger partial charge on any atom is 0.0494 e. The molecule has 3 heteroatoms. The van der Waals surface area contributed by atoms with Crippen molar-refractivity contribution in [3.63, 3.8) is 0 Å². The van der Waals surface area contributed by atoms with Gasteiger partial charge in [-0.05, 0) is 82.0 Å². The van der Waals surface area contributed by atoms with Crippen LogP contribution in [0, 0.1) is 0 Å². The van der Waals surface area contributed by atoms with Crippen molar-refractivity contribution >= 4 is 44.9 Å². The Kier molecular flexibility index (Phi) is 9.05. The molecule has 2 heterocycles. The van der Waals surface area contributed by atoms with Gasteiger partial charge < -0.3 is 14.0 Å². The van der Waals surface area contributed by atoms with Crippen molar-refractivity contribution in [2.45, 2.75) is 52.6 Å². The molecule has 47 heavy (non-hydrogen) atoms. The van der Waals surface area contributed by atoms with Crippen LogP contribution in [-0.2, 0) is 13.1 Å². The summed E-state index contributed by atoms with van der Waals surface area (Å²) in [6.45, 7) is 5.89. The highest BCUT2D eigenvalue weighted by molar-refractivity contribution is 6.08. The van der Waals surface area contributed by atoms with Crippen LogP contribution in [0.15, 0.2) is 157 Å². The first-order valence-electron chi connectivity index (χ1n) is 17.0. The third-order valence-corrected chi connectivity index (χ3v) is 9.33. The van der Waals surface area contributed by atoms with Gasteiger partial charge >= 0.3 is 0 Å². The Morgan fingerprint density at radius 2 is 1.19 bits per heavy atom. The summed E-state index contributed by atoms with van der Waals surface area (Å²) in [7, 11) is 0. The number of rotatable bonds is 9. The lowest BCUT2D eigenvalue weighted by molar-refractivity contribution is 0.526. The molecule has 234 valence electrons. The second-order valence-electron chi connectivity index (χ2n) is 12.1. The molecule has 3 aromatic carbocycles. The van der Waals surface area contributed by atoms with Crippen LogP contribution in [0.1, 0.15) is 50.8 Å². The van der Waals surface area contributed by atoms with Gasteiger partial charge in [-0.25, -0.2) is 0 Å². The van der Waals surface area contributed by atoms with Crippen molar-refractivity contribution < 1.29 is 0 Å². The highest BCUT2D eigenvalue weighted by Gasteiger charge is 2.17. The first kappa shape index (κ1) is 30.4. The zero-order valence-electron chi connectivity index (χ0n) is 27.5. The van der Waals surface area contributed by atoms with Crippen LogP contribution in [0.2, 0.25) is 0 Å². The van der Waals surface area contributed by atoms with E-state index in [1.54, 1.807) is 0 Å².